The third-order valence-corrected chi connectivity index (χ3v) is 3.76. The van der Waals surface area contributed by atoms with Crippen molar-refractivity contribution in [2.45, 2.75) is 52.6 Å². The third kappa shape index (κ3) is 7.26. The average Bonchev–Trinajstić information content (AvgIpc) is 2.52. The van der Waals surface area contributed by atoms with Crippen molar-refractivity contribution < 1.29 is 9.84 Å². The second-order valence-electron chi connectivity index (χ2n) is 6.29. The number of rotatable bonds is 8. The van der Waals surface area contributed by atoms with Crippen molar-refractivity contribution in [2.24, 2.45) is 10.9 Å². The minimum Gasteiger partial charge on any atom is -0.508 e. The molecule has 130 valence electrons. The van der Waals surface area contributed by atoms with Crippen LogP contribution in [0.1, 0.15) is 45.6 Å². The first-order chi connectivity index (χ1) is 11.0. The summed E-state index contributed by atoms with van der Waals surface area (Å²) in [7, 11) is 3.37. The standard InChI is InChI=1S/C18H31N3O2/c1-13(2)7-6-8-14(3)21-18(19-4)20-12-15-11-16(23-5)9-10-17(15)22/h9-11,13-14,22H,6-8,12H2,1-5H3,(H2,19,20,21). The van der Waals surface area contributed by atoms with Crippen molar-refractivity contribution in [3.63, 3.8) is 0 Å². The van der Waals surface area contributed by atoms with E-state index < -0.39 is 0 Å². The number of nitrogens with zero attached hydrogens (tertiary/aromatic N) is 1. The van der Waals surface area contributed by atoms with Crippen molar-refractivity contribution >= 4 is 5.96 Å². The summed E-state index contributed by atoms with van der Waals surface area (Å²) in [5, 5.41) is 16.5. The van der Waals surface area contributed by atoms with Crippen molar-refractivity contribution in [3.8, 4) is 11.5 Å². The smallest absolute Gasteiger partial charge is 0.191 e. The van der Waals surface area contributed by atoms with E-state index in [9.17, 15) is 5.11 Å². The van der Waals surface area contributed by atoms with Crippen molar-refractivity contribution in [2.75, 3.05) is 14.2 Å². The van der Waals surface area contributed by atoms with Crippen LogP contribution in [0.4, 0.5) is 0 Å². The van der Waals surface area contributed by atoms with Crippen LogP contribution < -0.4 is 15.4 Å². The van der Waals surface area contributed by atoms with E-state index in [1.807, 2.05) is 6.07 Å². The van der Waals surface area contributed by atoms with Crippen LogP contribution in [0.5, 0.6) is 11.5 Å². The number of guanidine groups is 1. The van der Waals surface area contributed by atoms with Crippen molar-refractivity contribution in [3.05, 3.63) is 23.8 Å². The summed E-state index contributed by atoms with van der Waals surface area (Å²) >= 11 is 0. The molecule has 23 heavy (non-hydrogen) atoms. The zero-order valence-electron chi connectivity index (χ0n) is 15.0. The van der Waals surface area contributed by atoms with Gasteiger partial charge in [0.2, 0.25) is 0 Å². The van der Waals surface area contributed by atoms with Crippen LogP contribution >= 0.6 is 0 Å². The maximum atomic E-state index is 9.91. The molecule has 3 N–H and O–H groups in total. The van der Waals surface area contributed by atoms with Gasteiger partial charge in [-0.3, -0.25) is 4.99 Å². The van der Waals surface area contributed by atoms with E-state index in [0.29, 0.717) is 12.6 Å². The lowest BCUT2D eigenvalue weighted by Gasteiger charge is -2.18. The van der Waals surface area contributed by atoms with Gasteiger partial charge in [0.25, 0.3) is 0 Å². The molecule has 0 amide bonds. The van der Waals surface area contributed by atoms with E-state index >= 15 is 0 Å². The molecular formula is C18H31N3O2. The SMILES string of the molecule is CN=C(NCc1cc(OC)ccc1O)NC(C)CCCC(C)C. The first-order valence-corrected chi connectivity index (χ1v) is 8.29. The Morgan fingerprint density at radius 2 is 2.00 bits per heavy atom. The van der Waals surface area contributed by atoms with Crippen LogP contribution in [0.15, 0.2) is 23.2 Å². The van der Waals surface area contributed by atoms with Gasteiger partial charge in [0, 0.05) is 25.2 Å². The molecule has 1 aromatic rings. The quantitative estimate of drug-likeness (QED) is 0.508. The highest BCUT2D eigenvalue weighted by Gasteiger charge is 2.08. The molecule has 5 nitrogen and oxygen atoms in total. The molecule has 0 fully saturated rings. The summed E-state index contributed by atoms with van der Waals surface area (Å²) in [6, 6.07) is 5.56. The summed E-state index contributed by atoms with van der Waals surface area (Å²) in [5.41, 5.74) is 0.778. The number of ether oxygens (including phenoxy) is 1. The molecule has 0 aliphatic rings. The molecular weight excluding hydrogens is 290 g/mol. The molecule has 1 aromatic carbocycles. The number of aliphatic imine (C=N–C) groups is 1. The molecule has 0 aliphatic heterocycles. The predicted octanol–water partition coefficient (Wildman–Crippen LogP) is 3.28. The normalized spacial score (nSPS) is 13.0. The molecule has 1 rings (SSSR count). The van der Waals surface area contributed by atoms with Gasteiger partial charge in [-0.2, -0.15) is 0 Å². The summed E-state index contributed by atoms with van der Waals surface area (Å²) in [6.45, 7) is 7.15. The zero-order chi connectivity index (χ0) is 17.2. The van der Waals surface area contributed by atoms with Gasteiger partial charge in [-0.05, 0) is 37.5 Å². The summed E-state index contributed by atoms with van der Waals surface area (Å²) in [6.07, 6.45) is 3.57. The Kier molecular flexibility index (Phi) is 8.30. The molecule has 0 spiro atoms. The topological polar surface area (TPSA) is 65.9 Å². The highest BCUT2D eigenvalue weighted by atomic mass is 16.5. The molecule has 0 aliphatic carbocycles. The fraction of sp³-hybridized carbons (Fsp3) is 0.611. The van der Waals surface area contributed by atoms with E-state index in [4.69, 9.17) is 4.74 Å². The van der Waals surface area contributed by atoms with Gasteiger partial charge in [-0.15, -0.1) is 0 Å². The molecule has 0 saturated heterocycles. The summed E-state index contributed by atoms with van der Waals surface area (Å²) in [5.74, 6) is 2.46. The van der Waals surface area contributed by atoms with E-state index in [1.165, 1.54) is 12.8 Å². The van der Waals surface area contributed by atoms with Crippen LogP contribution in [0.3, 0.4) is 0 Å². The number of phenolic OH excluding ortho intramolecular Hbond substituents is 1. The number of aromatic hydroxyl groups is 1. The average molecular weight is 321 g/mol. The van der Waals surface area contributed by atoms with Crippen LogP contribution in [0, 0.1) is 5.92 Å². The summed E-state index contributed by atoms with van der Waals surface area (Å²) < 4.78 is 5.19. The maximum Gasteiger partial charge on any atom is 0.191 e. The molecule has 0 saturated carbocycles. The Morgan fingerprint density at radius 3 is 2.61 bits per heavy atom. The Balaban J connectivity index is 2.48. The van der Waals surface area contributed by atoms with Gasteiger partial charge in [0.05, 0.1) is 7.11 Å². The number of benzene rings is 1. The van der Waals surface area contributed by atoms with E-state index in [2.05, 4.69) is 36.4 Å². The fourth-order valence-corrected chi connectivity index (χ4v) is 2.34. The van der Waals surface area contributed by atoms with Crippen LogP contribution in [0.25, 0.3) is 0 Å². The number of methoxy groups -OCH3 is 1. The highest BCUT2D eigenvalue weighted by molar-refractivity contribution is 5.80. The fourth-order valence-electron chi connectivity index (χ4n) is 2.34. The largest absolute Gasteiger partial charge is 0.508 e. The first kappa shape index (κ1) is 19.1. The van der Waals surface area contributed by atoms with Crippen molar-refractivity contribution in [1.82, 2.24) is 10.6 Å². The van der Waals surface area contributed by atoms with Crippen LogP contribution in [-0.2, 0) is 6.54 Å². The van der Waals surface area contributed by atoms with E-state index in [1.54, 1.807) is 26.3 Å². The lowest BCUT2D eigenvalue weighted by molar-refractivity contribution is 0.410. The number of hydrogen-bond acceptors (Lipinski definition) is 3. The maximum absolute atomic E-state index is 9.91. The van der Waals surface area contributed by atoms with Crippen LogP contribution in [0.2, 0.25) is 0 Å². The summed E-state index contributed by atoms with van der Waals surface area (Å²) in [4.78, 5) is 4.24. The monoisotopic (exact) mass is 321 g/mol. The molecule has 0 aromatic heterocycles. The minimum absolute atomic E-state index is 0.249. The third-order valence-electron chi connectivity index (χ3n) is 3.76. The minimum atomic E-state index is 0.249. The van der Waals surface area contributed by atoms with Gasteiger partial charge in [0.15, 0.2) is 5.96 Å². The Labute approximate surface area is 140 Å². The van der Waals surface area contributed by atoms with Gasteiger partial charge in [-0.1, -0.05) is 26.7 Å². The van der Waals surface area contributed by atoms with E-state index in [-0.39, 0.29) is 5.75 Å². The highest BCUT2D eigenvalue weighted by Crippen LogP contribution is 2.22. The molecule has 0 bridgehead atoms. The number of hydrogen-bond donors (Lipinski definition) is 3. The molecule has 5 heteroatoms. The van der Waals surface area contributed by atoms with Gasteiger partial charge >= 0.3 is 0 Å². The van der Waals surface area contributed by atoms with Crippen molar-refractivity contribution in [1.29, 1.82) is 0 Å². The molecule has 0 radical (unpaired) electrons. The first-order valence-electron chi connectivity index (χ1n) is 8.29. The number of phenols is 1. The zero-order valence-corrected chi connectivity index (χ0v) is 15.0. The molecule has 0 heterocycles. The molecule has 1 unspecified atom stereocenters. The Hall–Kier alpha value is -1.91. The Bertz CT molecular complexity index is 501. The second kappa shape index (κ2) is 9.98. The number of nitrogens with one attached hydrogen (secondary N) is 2. The van der Waals surface area contributed by atoms with Gasteiger partial charge in [0.1, 0.15) is 11.5 Å². The second-order valence-corrected chi connectivity index (χ2v) is 6.29. The van der Waals surface area contributed by atoms with Crippen LogP contribution in [-0.4, -0.2) is 31.3 Å². The van der Waals surface area contributed by atoms with E-state index in [0.717, 1.165) is 29.6 Å². The molecule has 1 atom stereocenters. The lowest BCUT2D eigenvalue weighted by atomic mass is 10.0. The predicted molar refractivity (Wildman–Crippen MR) is 96.1 cm³/mol. The van der Waals surface area contributed by atoms with Gasteiger partial charge < -0.3 is 20.5 Å². The Morgan fingerprint density at radius 1 is 1.26 bits per heavy atom. The lowest BCUT2D eigenvalue weighted by Crippen LogP contribution is -2.41. The van der Waals surface area contributed by atoms with Gasteiger partial charge in [-0.25, -0.2) is 0 Å².